The van der Waals surface area contributed by atoms with Gasteiger partial charge in [0.15, 0.2) is 0 Å². The van der Waals surface area contributed by atoms with Gasteiger partial charge in [-0.2, -0.15) is 0 Å². The number of carboxylic acids is 1. The van der Waals surface area contributed by atoms with Gasteiger partial charge in [-0.25, -0.2) is 0 Å². The Labute approximate surface area is 120 Å². The van der Waals surface area contributed by atoms with Gasteiger partial charge < -0.3 is 10.2 Å². The van der Waals surface area contributed by atoms with Crippen LogP contribution in [0.25, 0.3) is 0 Å². The zero-order valence-corrected chi connectivity index (χ0v) is 11.7. The Hall–Kier alpha value is -1.39. The zero-order valence-electron chi connectivity index (χ0n) is 11.7. The SMILES string of the molecule is O=C(O)C1CCC(N(CCO)Cc2ccccc2)CC1. The van der Waals surface area contributed by atoms with E-state index in [-0.39, 0.29) is 12.5 Å². The molecule has 0 atom stereocenters. The van der Waals surface area contributed by atoms with Crippen LogP contribution in [-0.2, 0) is 11.3 Å². The summed E-state index contributed by atoms with van der Waals surface area (Å²) in [4.78, 5) is 13.3. The first-order valence-corrected chi connectivity index (χ1v) is 7.32. The van der Waals surface area contributed by atoms with E-state index in [1.54, 1.807) is 0 Å². The van der Waals surface area contributed by atoms with Gasteiger partial charge in [0.05, 0.1) is 12.5 Å². The Balaban J connectivity index is 1.94. The number of carbonyl (C=O) groups is 1. The topological polar surface area (TPSA) is 60.8 Å². The number of aliphatic carboxylic acids is 1. The monoisotopic (exact) mass is 277 g/mol. The van der Waals surface area contributed by atoms with Crippen LogP contribution in [0.4, 0.5) is 0 Å². The average molecular weight is 277 g/mol. The zero-order chi connectivity index (χ0) is 14.4. The van der Waals surface area contributed by atoms with Crippen molar-refractivity contribution in [3.63, 3.8) is 0 Å². The van der Waals surface area contributed by atoms with Crippen LogP contribution in [0.1, 0.15) is 31.2 Å². The summed E-state index contributed by atoms with van der Waals surface area (Å²) in [5, 5.41) is 18.3. The summed E-state index contributed by atoms with van der Waals surface area (Å²) in [5.41, 5.74) is 1.24. The molecule has 1 aliphatic rings. The van der Waals surface area contributed by atoms with Gasteiger partial charge in [0.1, 0.15) is 0 Å². The van der Waals surface area contributed by atoms with E-state index in [2.05, 4.69) is 17.0 Å². The van der Waals surface area contributed by atoms with Crippen molar-refractivity contribution in [2.24, 2.45) is 5.92 Å². The van der Waals surface area contributed by atoms with E-state index in [9.17, 15) is 9.90 Å². The van der Waals surface area contributed by atoms with Crippen molar-refractivity contribution in [1.29, 1.82) is 0 Å². The van der Waals surface area contributed by atoms with Gasteiger partial charge in [-0.15, -0.1) is 0 Å². The smallest absolute Gasteiger partial charge is 0.306 e. The van der Waals surface area contributed by atoms with Crippen molar-refractivity contribution in [3.05, 3.63) is 35.9 Å². The molecule has 20 heavy (non-hydrogen) atoms. The second-order valence-corrected chi connectivity index (χ2v) is 5.52. The molecule has 1 aromatic rings. The largest absolute Gasteiger partial charge is 0.481 e. The van der Waals surface area contributed by atoms with Gasteiger partial charge in [-0.1, -0.05) is 30.3 Å². The van der Waals surface area contributed by atoms with E-state index < -0.39 is 5.97 Å². The molecule has 1 aromatic carbocycles. The van der Waals surface area contributed by atoms with Crippen LogP contribution in [-0.4, -0.2) is 40.3 Å². The molecule has 0 amide bonds. The second kappa shape index (κ2) is 7.41. The predicted octanol–water partition coefficient (Wildman–Crippen LogP) is 2.12. The Morgan fingerprint density at radius 2 is 1.80 bits per heavy atom. The molecule has 0 unspecified atom stereocenters. The maximum Gasteiger partial charge on any atom is 0.306 e. The molecule has 0 spiro atoms. The summed E-state index contributed by atoms with van der Waals surface area (Å²) in [6.45, 7) is 1.62. The lowest BCUT2D eigenvalue weighted by atomic mass is 9.85. The fraction of sp³-hybridized carbons (Fsp3) is 0.562. The van der Waals surface area contributed by atoms with Crippen molar-refractivity contribution >= 4 is 5.97 Å². The third-order valence-electron chi connectivity index (χ3n) is 4.18. The maximum atomic E-state index is 11.0. The van der Waals surface area contributed by atoms with Crippen LogP contribution in [0.3, 0.4) is 0 Å². The minimum atomic E-state index is -0.666. The molecular formula is C16H23NO3. The summed E-state index contributed by atoms with van der Waals surface area (Å²) < 4.78 is 0. The number of nitrogens with zero attached hydrogens (tertiary/aromatic N) is 1. The molecule has 0 bridgehead atoms. The lowest BCUT2D eigenvalue weighted by molar-refractivity contribution is -0.143. The number of hydrogen-bond donors (Lipinski definition) is 2. The molecule has 1 fully saturated rings. The fourth-order valence-corrected chi connectivity index (χ4v) is 3.03. The van der Waals surface area contributed by atoms with Gasteiger partial charge >= 0.3 is 5.97 Å². The minimum Gasteiger partial charge on any atom is -0.481 e. The number of rotatable bonds is 6. The van der Waals surface area contributed by atoms with Crippen molar-refractivity contribution in [1.82, 2.24) is 4.90 Å². The Bertz CT molecular complexity index is 413. The van der Waals surface area contributed by atoms with Crippen LogP contribution in [0.15, 0.2) is 30.3 Å². The summed E-state index contributed by atoms with van der Waals surface area (Å²) in [6, 6.07) is 10.6. The van der Waals surface area contributed by atoms with Gasteiger partial charge in [0.2, 0.25) is 0 Å². The van der Waals surface area contributed by atoms with E-state index in [1.807, 2.05) is 18.2 Å². The molecule has 0 saturated heterocycles. The molecule has 0 radical (unpaired) electrons. The highest BCUT2D eigenvalue weighted by molar-refractivity contribution is 5.70. The molecule has 0 heterocycles. The first-order chi connectivity index (χ1) is 9.70. The Morgan fingerprint density at radius 1 is 1.15 bits per heavy atom. The highest BCUT2D eigenvalue weighted by Gasteiger charge is 2.29. The second-order valence-electron chi connectivity index (χ2n) is 5.52. The number of aliphatic hydroxyl groups is 1. The molecule has 1 saturated carbocycles. The summed E-state index contributed by atoms with van der Waals surface area (Å²) in [7, 11) is 0. The number of carboxylic acid groups (broad SMARTS) is 1. The normalized spacial score (nSPS) is 22.9. The fourth-order valence-electron chi connectivity index (χ4n) is 3.03. The third-order valence-corrected chi connectivity index (χ3v) is 4.18. The Morgan fingerprint density at radius 3 is 2.35 bits per heavy atom. The first-order valence-electron chi connectivity index (χ1n) is 7.32. The number of hydrogen-bond acceptors (Lipinski definition) is 3. The molecule has 2 rings (SSSR count). The van der Waals surface area contributed by atoms with Crippen LogP contribution in [0.5, 0.6) is 0 Å². The number of benzene rings is 1. The van der Waals surface area contributed by atoms with Crippen LogP contribution in [0.2, 0.25) is 0 Å². The van der Waals surface area contributed by atoms with E-state index >= 15 is 0 Å². The van der Waals surface area contributed by atoms with Gasteiger partial charge in [-0.3, -0.25) is 9.69 Å². The van der Waals surface area contributed by atoms with E-state index in [0.29, 0.717) is 12.6 Å². The quantitative estimate of drug-likeness (QED) is 0.836. The molecule has 4 heteroatoms. The minimum absolute atomic E-state index is 0.145. The average Bonchev–Trinajstić information content (AvgIpc) is 2.48. The summed E-state index contributed by atoms with van der Waals surface area (Å²) in [6.07, 6.45) is 3.31. The lowest BCUT2D eigenvalue weighted by Crippen LogP contribution is -2.40. The molecule has 4 nitrogen and oxygen atoms in total. The van der Waals surface area contributed by atoms with Gasteiger partial charge in [-0.05, 0) is 31.2 Å². The molecule has 0 aromatic heterocycles. The van der Waals surface area contributed by atoms with Crippen LogP contribution < -0.4 is 0 Å². The maximum absolute atomic E-state index is 11.0. The highest BCUT2D eigenvalue weighted by atomic mass is 16.4. The highest BCUT2D eigenvalue weighted by Crippen LogP contribution is 2.28. The lowest BCUT2D eigenvalue weighted by Gasteiger charge is -2.35. The third kappa shape index (κ3) is 4.05. The summed E-state index contributed by atoms with van der Waals surface area (Å²) >= 11 is 0. The molecule has 0 aliphatic heterocycles. The Kier molecular flexibility index (Phi) is 5.56. The van der Waals surface area contributed by atoms with Crippen molar-refractivity contribution in [2.45, 2.75) is 38.3 Å². The predicted molar refractivity (Wildman–Crippen MR) is 77.3 cm³/mol. The summed E-state index contributed by atoms with van der Waals surface area (Å²) in [5.74, 6) is -0.848. The van der Waals surface area contributed by atoms with Crippen LogP contribution in [0, 0.1) is 5.92 Å². The van der Waals surface area contributed by atoms with Gasteiger partial charge in [0.25, 0.3) is 0 Å². The number of aliphatic hydroxyl groups excluding tert-OH is 1. The van der Waals surface area contributed by atoms with Crippen molar-refractivity contribution in [3.8, 4) is 0 Å². The standard InChI is InChI=1S/C16H23NO3/c18-11-10-17(12-13-4-2-1-3-5-13)15-8-6-14(7-9-15)16(19)20/h1-5,14-15,18H,6-12H2,(H,19,20). The van der Waals surface area contributed by atoms with Crippen LogP contribution >= 0.6 is 0 Å². The van der Waals surface area contributed by atoms with E-state index in [0.717, 1.165) is 32.2 Å². The molecule has 1 aliphatic carbocycles. The van der Waals surface area contributed by atoms with E-state index in [4.69, 9.17) is 5.11 Å². The van der Waals surface area contributed by atoms with E-state index in [1.165, 1.54) is 5.56 Å². The van der Waals surface area contributed by atoms with Crippen molar-refractivity contribution < 1.29 is 15.0 Å². The van der Waals surface area contributed by atoms with Crippen molar-refractivity contribution in [2.75, 3.05) is 13.2 Å². The molecule has 2 N–H and O–H groups in total. The molecule has 110 valence electrons. The first kappa shape index (κ1) is 15.0. The molecular weight excluding hydrogens is 254 g/mol. The van der Waals surface area contributed by atoms with Gasteiger partial charge in [0, 0.05) is 19.1 Å².